The molecule has 1 aromatic rings. The summed E-state index contributed by atoms with van der Waals surface area (Å²) in [6, 6.07) is 3.56. The van der Waals surface area contributed by atoms with E-state index in [9.17, 15) is 13.9 Å². The molecule has 0 aromatic heterocycles. The Morgan fingerprint density at radius 1 is 1.38 bits per heavy atom. The van der Waals surface area contributed by atoms with Gasteiger partial charge in [-0.25, -0.2) is 8.78 Å². The highest BCUT2D eigenvalue weighted by Gasteiger charge is 2.34. The third-order valence-corrected chi connectivity index (χ3v) is 3.05. The summed E-state index contributed by atoms with van der Waals surface area (Å²) in [5.74, 6) is -1.35. The quantitative estimate of drug-likeness (QED) is 0.842. The van der Waals surface area contributed by atoms with Gasteiger partial charge in [0.05, 0.1) is 11.7 Å². The van der Waals surface area contributed by atoms with E-state index in [1.54, 1.807) is 0 Å². The molecule has 0 amide bonds. The maximum Gasteiger partial charge on any atom is 0.132 e. The molecule has 3 unspecified atom stereocenters. The predicted molar refractivity (Wildman–Crippen MR) is 54.8 cm³/mol. The molecule has 1 aliphatic heterocycles. The SMILES string of the molecule is CC1CCOC1C(O)c1c(F)cccc1F. The highest BCUT2D eigenvalue weighted by molar-refractivity contribution is 5.23. The first-order chi connectivity index (χ1) is 7.61. The lowest BCUT2D eigenvalue weighted by Gasteiger charge is -2.22. The van der Waals surface area contributed by atoms with Crippen molar-refractivity contribution in [2.75, 3.05) is 6.61 Å². The van der Waals surface area contributed by atoms with Gasteiger partial charge < -0.3 is 9.84 Å². The van der Waals surface area contributed by atoms with Crippen LogP contribution in [0, 0.1) is 17.6 Å². The molecule has 1 saturated heterocycles. The van der Waals surface area contributed by atoms with Crippen LogP contribution < -0.4 is 0 Å². The number of benzene rings is 1. The number of aliphatic hydroxyl groups is 1. The average Bonchev–Trinajstić information content (AvgIpc) is 2.64. The van der Waals surface area contributed by atoms with Crippen molar-refractivity contribution in [2.45, 2.75) is 25.6 Å². The van der Waals surface area contributed by atoms with E-state index in [1.807, 2.05) is 6.92 Å². The van der Waals surface area contributed by atoms with Gasteiger partial charge in [0.15, 0.2) is 0 Å². The van der Waals surface area contributed by atoms with E-state index in [0.29, 0.717) is 6.61 Å². The molecule has 0 saturated carbocycles. The Bertz CT molecular complexity index is 361. The first-order valence-corrected chi connectivity index (χ1v) is 5.35. The van der Waals surface area contributed by atoms with Crippen LogP contribution in [-0.4, -0.2) is 17.8 Å². The summed E-state index contributed by atoms with van der Waals surface area (Å²) in [6.07, 6.45) is -0.956. The third-order valence-electron chi connectivity index (χ3n) is 3.05. The monoisotopic (exact) mass is 228 g/mol. The van der Waals surface area contributed by atoms with Crippen LogP contribution in [0.1, 0.15) is 25.0 Å². The second-order valence-corrected chi connectivity index (χ2v) is 4.18. The Morgan fingerprint density at radius 3 is 2.50 bits per heavy atom. The minimum atomic E-state index is -1.24. The zero-order valence-electron chi connectivity index (χ0n) is 8.99. The van der Waals surface area contributed by atoms with Crippen molar-refractivity contribution in [3.8, 4) is 0 Å². The molecule has 88 valence electrons. The summed E-state index contributed by atoms with van der Waals surface area (Å²) in [4.78, 5) is 0. The lowest BCUT2D eigenvalue weighted by Crippen LogP contribution is -2.24. The summed E-state index contributed by atoms with van der Waals surface area (Å²) in [5, 5.41) is 9.95. The van der Waals surface area contributed by atoms with Crippen LogP contribution in [0.3, 0.4) is 0 Å². The Labute approximate surface area is 92.9 Å². The zero-order valence-corrected chi connectivity index (χ0v) is 8.99. The fourth-order valence-corrected chi connectivity index (χ4v) is 2.08. The minimum Gasteiger partial charge on any atom is -0.385 e. The van der Waals surface area contributed by atoms with Crippen LogP contribution in [-0.2, 0) is 4.74 Å². The van der Waals surface area contributed by atoms with Crippen molar-refractivity contribution >= 4 is 0 Å². The highest BCUT2D eigenvalue weighted by atomic mass is 19.1. The van der Waals surface area contributed by atoms with Gasteiger partial charge in [0, 0.05) is 6.61 Å². The average molecular weight is 228 g/mol. The van der Waals surface area contributed by atoms with Crippen molar-refractivity contribution in [1.29, 1.82) is 0 Å². The molecule has 2 nitrogen and oxygen atoms in total. The number of aliphatic hydroxyl groups excluding tert-OH is 1. The lowest BCUT2D eigenvalue weighted by molar-refractivity contribution is -0.0210. The number of halogens is 2. The summed E-state index contributed by atoms with van der Waals surface area (Å²) >= 11 is 0. The molecule has 0 spiro atoms. The van der Waals surface area contributed by atoms with Crippen LogP contribution in [0.25, 0.3) is 0 Å². The fraction of sp³-hybridized carbons (Fsp3) is 0.500. The van der Waals surface area contributed by atoms with E-state index >= 15 is 0 Å². The molecule has 0 bridgehead atoms. The lowest BCUT2D eigenvalue weighted by atomic mass is 9.94. The molecule has 1 aliphatic rings. The minimum absolute atomic E-state index is 0.106. The Morgan fingerprint density at radius 2 is 2.00 bits per heavy atom. The van der Waals surface area contributed by atoms with Crippen LogP contribution in [0.15, 0.2) is 18.2 Å². The molecule has 0 radical (unpaired) electrons. The van der Waals surface area contributed by atoms with Gasteiger partial charge in [0.1, 0.15) is 17.7 Å². The van der Waals surface area contributed by atoms with E-state index in [4.69, 9.17) is 4.74 Å². The van der Waals surface area contributed by atoms with Crippen molar-refractivity contribution in [3.63, 3.8) is 0 Å². The van der Waals surface area contributed by atoms with Crippen molar-refractivity contribution in [2.24, 2.45) is 5.92 Å². The van der Waals surface area contributed by atoms with Crippen molar-refractivity contribution < 1.29 is 18.6 Å². The Kier molecular flexibility index (Phi) is 3.21. The molecule has 1 aromatic carbocycles. The van der Waals surface area contributed by atoms with Gasteiger partial charge >= 0.3 is 0 Å². The molecular weight excluding hydrogens is 214 g/mol. The summed E-state index contributed by atoms with van der Waals surface area (Å²) in [5.41, 5.74) is -0.291. The third kappa shape index (κ3) is 1.95. The Hall–Kier alpha value is -1.00. The predicted octanol–water partition coefficient (Wildman–Crippen LogP) is 2.42. The summed E-state index contributed by atoms with van der Waals surface area (Å²) < 4.78 is 32.2. The molecule has 1 heterocycles. The first-order valence-electron chi connectivity index (χ1n) is 5.35. The highest BCUT2D eigenvalue weighted by Crippen LogP contribution is 2.33. The van der Waals surface area contributed by atoms with Crippen LogP contribution in [0.5, 0.6) is 0 Å². The largest absolute Gasteiger partial charge is 0.385 e. The van der Waals surface area contributed by atoms with E-state index in [1.165, 1.54) is 6.07 Å². The second-order valence-electron chi connectivity index (χ2n) is 4.18. The second kappa shape index (κ2) is 4.47. The van der Waals surface area contributed by atoms with Gasteiger partial charge in [-0.2, -0.15) is 0 Å². The zero-order chi connectivity index (χ0) is 11.7. The fourth-order valence-electron chi connectivity index (χ4n) is 2.08. The molecule has 16 heavy (non-hydrogen) atoms. The topological polar surface area (TPSA) is 29.5 Å². The van der Waals surface area contributed by atoms with Crippen LogP contribution in [0.2, 0.25) is 0 Å². The maximum atomic E-state index is 13.4. The molecule has 0 aliphatic carbocycles. The van der Waals surface area contributed by atoms with Crippen molar-refractivity contribution in [1.82, 2.24) is 0 Å². The van der Waals surface area contributed by atoms with Crippen LogP contribution in [0.4, 0.5) is 8.78 Å². The summed E-state index contributed by atoms with van der Waals surface area (Å²) in [7, 11) is 0. The normalized spacial score (nSPS) is 27.0. The smallest absolute Gasteiger partial charge is 0.132 e. The maximum absolute atomic E-state index is 13.4. The van der Waals surface area contributed by atoms with E-state index in [-0.39, 0.29) is 11.5 Å². The van der Waals surface area contributed by atoms with E-state index in [0.717, 1.165) is 18.6 Å². The van der Waals surface area contributed by atoms with Gasteiger partial charge in [0.2, 0.25) is 0 Å². The number of hydrogen-bond donors (Lipinski definition) is 1. The number of hydrogen-bond acceptors (Lipinski definition) is 2. The molecule has 2 rings (SSSR count). The van der Waals surface area contributed by atoms with E-state index in [2.05, 4.69) is 0 Å². The molecular formula is C12H14F2O2. The van der Waals surface area contributed by atoms with E-state index < -0.39 is 23.8 Å². The van der Waals surface area contributed by atoms with Gasteiger partial charge in [-0.1, -0.05) is 13.0 Å². The standard InChI is InChI=1S/C12H14F2O2/c1-7-5-6-16-12(7)11(15)10-8(13)3-2-4-9(10)14/h2-4,7,11-12,15H,5-6H2,1H3. The number of ether oxygens (including phenoxy) is 1. The molecule has 1 fully saturated rings. The van der Waals surface area contributed by atoms with Crippen LogP contribution >= 0.6 is 0 Å². The van der Waals surface area contributed by atoms with Gasteiger partial charge in [0.25, 0.3) is 0 Å². The van der Waals surface area contributed by atoms with Gasteiger partial charge in [-0.3, -0.25) is 0 Å². The van der Waals surface area contributed by atoms with Gasteiger partial charge in [-0.15, -0.1) is 0 Å². The summed E-state index contributed by atoms with van der Waals surface area (Å²) in [6.45, 7) is 2.43. The molecule has 3 atom stereocenters. The number of rotatable bonds is 2. The first kappa shape index (κ1) is 11.5. The molecule has 1 N–H and O–H groups in total. The Balaban J connectivity index is 2.29. The molecule has 4 heteroatoms. The van der Waals surface area contributed by atoms with Crippen molar-refractivity contribution in [3.05, 3.63) is 35.4 Å². The van der Waals surface area contributed by atoms with Gasteiger partial charge in [-0.05, 0) is 24.5 Å².